The molecule has 0 spiro atoms. The molecule has 0 aliphatic carbocycles. The molecule has 0 saturated heterocycles. The van der Waals surface area contributed by atoms with Gasteiger partial charge in [-0.05, 0) is 36.2 Å². The van der Waals surface area contributed by atoms with Crippen LogP contribution in [0.15, 0.2) is 48.5 Å². The van der Waals surface area contributed by atoms with Crippen molar-refractivity contribution in [3.8, 4) is 5.75 Å². The predicted molar refractivity (Wildman–Crippen MR) is 86.6 cm³/mol. The zero-order chi connectivity index (χ0) is 16.9. The first-order valence-corrected chi connectivity index (χ1v) is 8.99. The minimum Gasteiger partial charge on any atom is -0.491 e. The molecular formula is C17H19FO4S. The Morgan fingerprint density at radius 1 is 1.17 bits per heavy atom. The van der Waals surface area contributed by atoms with Crippen molar-refractivity contribution in [2.75, 3.05) is 12.4 Å². The third-order valence-electron chi connectivity index (χ3n) is 3.25. The van der Waals surface area contributed by atoms with E-state index in [2.05, 4.69) is 0 Å². The van der Waals surface area contributed by atoms with Crippen LogP contribution in [0.25, 0.3) is 0 Å². The van der Waals surface area contributed by atoms with E-state index in [-0.39, 0.29) is 12.4 Å². The van der Waals surface area contributed by atoms with Crippen LogP contribution < -0.4 is 4.74 Å². The van der Waals surface area contributed by atoms with E-state index in [1.54, 1.807) is 12.1 Å². The average Bonchev–Trinajstić information content (AvgIpc) is 2.45. The number of aliphatic hydroxyl groups is 1. The lowest BCUT2D eigenvalue weighted by Gasteiger charge is -2.14. The number of rotatable bonds is 7. The number of aryl methyl sites for hydroxylation is 1. The Morgan fingerprint density at radius 3 is 2.61 bits per heavy atom. The lowest BCUT2D eigenvalue weighted by Crippen LogP contribution is -2.28. The zero-order valence-electron chi connectivity index (χ0n) is 12.8. The highest BCUT2D eigenvalue weighted by Gasteiger charge is 2.19. The third-order valence-corrected chi connectivity index (χ3v) is 4.91. The van der Waals surface area contributed by atoms with E-state index in [4.69, 9.17) is 4.74 Å². The highest BCUT2D eigenvalue weighted by molar-refractivity contribution is 7.90. The van der Waals surface area contributed by atoms with Crippen molar-refractivity contribution >= 4 is 9.84 Å². The van der Waals surface area contributed by atoms with Gasteiger partial charge in [0.2, 0.25) is 0 Å². The monoisotopic (exact) mass is 338 g/mol. The van der Waals surface area contributed by atoms with Crippen LogP contribution in [0.1, 0.15) is 11.1 Å². The largest absolute Gasteiger partial charge is 0.491 e. The van der Waals surface area contributed by atoms with Crippen molar-refractivity contribution in [3.05, 3.63) is 65.5 Å². The van der Waals surface area contributed by atoms with Gasteiger partial charge in [-0.25, -0.2) is 12.8 Å². The Balaban J connectivity index is 1.91. The first-order chi connectivity index (χ1) is 10.9. The molecular weight excluding hydrogens is 319 g/mol. The molecule has 0 saturated carbocycles. The summed E-state index contributed by atoms with van der Waals surface area (Å²) in [4.78, 5) is 0. The normalized spacial score (nSPS) is 12.8. The summed E-state index contributed by atoms with van der Waals surface area (Å²) in [6.07, 6.45) is -1.15. The lowest BCUT2D eigenvalue weighted by molar-refractivity contribution is 0.124. The molecule has 2 aromatic carbocycles. The van der Waals surface area contributed by atoms with Crippen LogP contribution in [0.3, 0.4) is 0 Å². The van der Waals surface area contributed by atoms with Gasteiger partial charge in [0.05, 0.1) is 11.5 Å². The number of halogens is 1. The second-order valence-corrected chi connectivity index (χ2v) is 7.52. The summed E-state index contributed by atoms with van der Waals surface area (Å²) in [5.41, 5.74) is 1.26. The lowest BCUT2D eigenvalue weighted by atomic mass is 10.2. The smallest absolute Gasteiger partial charge is 0.157 e. The standard InChI is InChI=1S/C17H19FO4S/c1-13-5-2-3-8-17(13)22-10-16(19)12-23(20,21)11-14-6-4-7-15(18)9-14/h2-9,16,19H,10-12H2,1H3. The Kier molecular flexibility index (Phi) is 5.74. The Morgan fingerprint density at radius 2 is 1.91 bits per heavy atom. The Bertz CT molecular complexity index is 759. The van der Waals surface area contributed by atoms with Crippen molar-refractivity contribution in [1.82, 2.24) is 0 Å². The highest BCUT2D eigenvalue weighted by atomic mass is 32.2. The molecule has 2 rings (SSSR count). The predicted octanol–water partition coefficient (Wildman–Crippen LogP) is 2.49. The van der Waals surface area contributed by atoms with E-state index in [1.807, 2.05) is 19.1 Å². The van der Waals surface area contributed by atoms with Crippen LogP contribution in [-0.4, -0.2) is 32.0 Å². The first kappa shape index (κ1) is 17.4. The summed E-state index contributed by atoms with van der Waals surface area (Å²) in [7, 11) is -3.56. The van der Waals surface area contributed by atoms with Gasteiger partial charge in [-0.1, -0.05) is 30.3 Å². The first-order valence-electron chi connectivity index (χ1n) is 7.17. The molecule has 0 aliphatic heterocycles. The van der Waals surface area contributed by atoms with Crippen LogP contribution in [-0.2, 0) is 15.6 Å². The Labute approximate surface area is 135 Å². The van der Waals surface area contributed by atoms with Crippen molar-refractivity contribution in [2.45, 2.75) is 18.8 Å². The maximum Gasteiger partial charge on any atom is 0.157 e. The van der Waals surface area contributed by atoms with Crippen LogP contribution >= 0.6 is 0 Å². The highest BCUT2D eigenvalue weighted by Crippen LogP contribution is 2.17. The summed E-state index contributed by atoms with van der Waals surface area (Å²) in [5.74, 6) is -0.628. The minimum atomic E-state index is -3.56. The number of hydrogen-bond donors (Lipinski definition) is 1. The summed E-state index contributed by atoms with van der Waals surface area (Å²) < 4.78 is 42.7. The topological polar surface area (TPSA) is 63.6 Å². The van der Waals surface area contributed by atoms with E-state index >= 15 is 0 Å². The Hall–Kier alpha value is -1.92. The molecule has 124 valence electrons. The molecule has 0 amide bonds. The molecule has 0 bridgehead atoms. The maximum absolute atomic E-state index is 13.1. The molecule has 0 fully saturated rings. The zero-order valence-corrected chi connectivity index (χ0v) is 13.6. The fourth-order valence-electron chi connectivity index (χ4n) is 2.19. The molecule has 0 aliphatic rings. The van der Waals surface area contributed by atoms with Gasteiger partial charge < -0.3 is 9.84 Å². The van der Waals surface area contributed by atoms with Crippen molar-refractivity contribution < 1.29 is 22.7 Å². The SMILES string of the molecule is Cc1ccccc1OCC(O)CS(=O)(=O)Cc1cccc(F)c1. The molecule has 6 heteroatoms. The molecule has 4 nitrogen and oxygen atoms in total. The van der Waals surface area contributed by atoms with Crippen LogP contribution in [0.2, 0.25) is 0 Å². The van der Waals surface area contributed by atoms with Gasteiger partial charge in [0.15, 0.2) is 9.84 Å². The second-order valence-electron chi connectivity index (χ2n) is 5.41. The van der Waals surface area contributed by atoms with Crippen molar-refractivity contribution in [3.63, 3.8) is 0 Å². The number of ether oxygens (including phenoxy) is 1. The van der Waals surface area contributed by atoms with Crippen LogP contribution in [0, 0.1) is 12.7 Å². The quantitative estimate of drug-likeness (QED) is 0.842. The van der Waals surface area contributed by atoms with Gasteiger partial charge in [0, 0.05) is 0 Å². The van der Waals surface area contributed by atoms with Crippen molar-refractivity contribution in [2.24, 2.45) is 0 Å². The van der Waals surface area contributed by atoms with Gasteiger partial charge in [0.25, 0.3) is 0 Å². The number of benzene rings is 2. The fraction of sp³-hybridized carbons (Fsp3) is 0.294. The number of para-hydroxylation sites is 1. The minimum absolute atomic E-state index is 0.118. The molecule has 0 heterocycles. The van der Waals surface area contributed by atoms with Gasteiger partial charge in [-0.3, -0.25) is 0 Å². The van der Waals surface area contributed by atoms with Gasteiger partial charge in [-0.2, -0.15) is 0 Å². The van der Waals surface area contributed by atoms with Crippen LogP contribution in [0.5, 0.6) is 5.75 Å². The van der Waals surface area contributed by atoms with E-state index < -0.39 is 27.5 Å². The maximum atomic E-state index is 13.1. The van der Waals surface area contributed by atoms with Gasteiger partial charge >= 0.3 is 0 Å². The molecule has 0 aromatic heterocycles. The molecule has 1 atom stereocenters. The number of sulfone groups is 1. The molecule has 1 unspecified atom stereocenters. The van der Waals surface area contributed by atoms with Crippen LogP contribution in [0.4, 0.5) is 4.39 Å². The molecule has 2 aromatic rings. The van der Waals surface area contributed by atoms with E-state index in [0.717, 1.165) is 5.56 Å². The summed E-state index contributed by atoms with van der Waals surface area (Å²) in [6, 6.07) is 12.7. The number of hydrogen-bond acceptors (Lipinski definition) is 4. The molecule has 23 heavy (non-hydrogen) atoms. The van der Waals surface area contributed by atoms with E-state index in [9.17, 15) is 17.9 Å². The average molecular weight is 338 g/mol. The van der Waals surface area contributed by atoms with E-state index in [0.29, 0.717) is 11.3 Å². The molecule has 1 N–H and O–H groups in total. The van der Waals surface area contributed by atoms with E-state index in [1.165, 1.54) is 24.3 Å². The summed E-state index contributed by atoms with van der Waals surface area (Å²) in [6.45, 7) is 1.75. The molecule has 0 radical (unpaired) electrons. The van der Waals surface area contributed by atoms with Crippen molar-refractivity contribution in [1.29, 1.82) is 0 Å². The fourth-order valence-corrected chi connectivity index (χ4v) is 3.67. The third kappa shape index (κ3) is 5.65. The van der Waals surface area contributed by atoms with Gasteiger partial charge in [0.1, 0.15) is 24.3 Å². The summed E-state index contributed by atoms with van der Waals surface area (Å²) in [5, 5.41) is 9.89. The second kappa shape index (κ2) is 7.57. The number of aliphatic hydroxyl groups excluding tert-OH is 1. The summed E-state index contributed by atoms with van der Waals surface area (Å²) >= 11 is 0. The van der Waals surface area contributed by atoms with Gasteiger partial charge in [-0.15, -0.1) is 0 Å².